The van der Waals surface area contributed by atoms with Crippen LogP contribution in [-0.2, 0) is 9.53 Å². The topological polar surface area (TPSA) is 88.8 Å². The highest BCUT2D eigenvalue weighted by atomic mass is 16.5. The zero-order chi connectivity index (χ0) is 20.8. The van der Waals surface area contributed by atoms with Gasteiger partial charge in [-0.25, -0.2) is 4.79 Å². The fraction of sp³-hybridized carbons (Fsp3) is 0.136. The molecule has 0 unspecified atom stereocenters. The number of likely N-dealkylation sites (N-methyl/N-ethyl adjacent to an activating group) is 1. The molecule has 1 N–H and O–H groups in total. The molecule has 1 heterocycles. The third kappa shape index (κ3) is 4.70. The van der Waals surface area contributed by atoms with Gasteiger partial charge in [0, 0.05) is 12.7 Å². The first-order valence-electron chi connectivity index (χ1n) is 8.95. The monoisotopic (exact) mass is 392 g/mol. The van der Waals surface area contributed by atoms with Crippen LogP contribution < -0.4 is 10.2 Å². The van der Waals surface area contributed by atoms with Crippen molar-refractivity contribution < 1.29 is 23.5 Å². The summed E-state index contributed by atoms with van der Waals surface area (Å²) < 4.78 is 10.4. The number of benzene rings is 2. The summed E-state index contributed by atoms with van der Waals surface area (Å²) in [6, 6.07) is 18.5. The first-order chi connectivity index (χ1) is 14.0. The second kappa shape index (κ2) is 8.88. The number of para-hydroxylation sites is 2. The minimum atomic E-state index is -1.01. The van der Waals surface area contributed by atoms with Crippen LogP contribution in [0.25, 0.3) is 0 Å². The van der Waals surface area contributed by atoms with Crippen LogP contribution >= 0.6 is 0 Å². The third-order valence-corrected chi connectivity index (χ3v) is 4.25. The number of rotatable bonds is 6. The Morgan fingerprint density at radius 3 is 2.34 bits per heavy atom. The molecule has 0 radical (unpaired) electrons. The summed E-state index contributed by atoms with van der Waals surface area (Å²) in [5.74, 6) is -1.48. The lowest BCUT2D eigenvalue weighted by molar-refractivity contribution is -0.126. The van der Waals surface area contributed by atoms with Crippen LogP contribution in [0.2, 0.25) is 0 Å². The Kier molecular flexibility index (Phi) is 6.09. The molecule has 0 bridgehead atoms. The maximum atomic E-state index is 12.6. The molecule has 29 heavy (non-hydrogen) atoms. The molecular formula is C22H20N2O5. The molecule has 0 aliphatic rings. The van der Waals surface area contributed by atoms with E-state index in [0.29, 0.717) is 5.69 Å². The molecule has 1 aromatic heterocycles. The largest absolute Gasteiger partial charge is 0.459 e. The molecular weight excluding hydrogens is 372 g/mol. The number of anilines is 2. The molecule has 0 aliphatic carbocycles. The second-order valence-corrected chi connectivity index (χ2v) is 6.26. The van der Waals surface area contributed by atoms with Crippen LogP contribution in [0, 0.1) is 0 Å². The van der Waals surface area contributed by atoms with Crippen LogP contribution in [0.4, 0.5) is 11.4 Å². The van der Waals surface area contributed by atoms with Gasteiger partial charge in [0.1, 0.15) is 0 Å². The number of carbonyl (C=O) groups excluding carboxylic acids is 3. The summed E-state index contributed by atoms with van der Waals surface area (Å²) in [4.78, 5) is 38.9. The number of amides is 2. The molecule has 0 saturated heterocycles. The summed E-state index contributed by atoms with van der Waals surface area (Å²) >= 11 is 0. The van der Waals surface area contributed by atoms with E-state index in [1.54, 1.807) is 43.4 Å². The van der Waals surface area contributed by atoms with E-state index in [1.807, 2.05) is 18.2 Å². The number of nitrogens with one attached hydrogen (secondary N) is 1. The Balaban J connectivity index is 1.70. The van der Waals surface area contributed by atoms with Gasteiger partial charge in [0.05, 0.1) is 17.5 Å². The number of ether oxygens (including phenoxy) is 1. The molecule has 2 amide bonds. The van der Waals surface area contributed by atoms with Gasteiger partial charge in [0.2, 0.25) is 0 Å². The Labute approximate surface area is 167 Å². The van der Waals surface area contributed by atoms with Crippen molar-refractivity contribution in [3.05, 3.63) is 84.3 Å². The first-order valence-corrected chi connectivity index (χ1v) is 8.95. The highest BCUT2D eigenvalue weighted by Gasteiger charge is 2.24. The van der Waals surface area contributed by atoms with E-state index in [2.05, 4.69) is 5.32 Å². The van der Waals surface area contributed by atoms with Crippen LogP contribution in [0.15, 0.2) is 77.4 Å². The Morgan fingerprint density at radius 1 is 0.966 bits per heavy atom. The highest BCUT2D eigenvalue weighted by molar-refractivity contribution is 6.07. The van der Waals surface area contributed by atoms with E-state index in [9.17, 15) is 14.4 Å². The number of hydrogen-bond donors (Lipinski definition) is 1. The zero-order valence-corrected chi connectivity index (χ0v) is 16.0. The zero-order valence-electron chi connectivity index (χ0n) is 16.0. The number of nitrogens with zero attached hydrogens (tertiary/aromatic N) is 1. The lowest BCUT2D eigenvalue weighted by Crippen LogP contribution is -2.37. The van der Waals surface area contributed by atoms with Gasteiger partial charge in [-0.15, -0.1) is 0 Å². The van der Waals surface area contributed by atoms with E-state index >= 15 is 0 Å². The lowest BCUT2D eigenvalue weighted by Gasteiger charge is -2.22. The van der Waals surface area contributed by atoms with Crippen LogP contribution in [0.3, 0.4) is 0 Å². The SMILES string of the molecule is C[C@H](OC(=O)c1ccccc1NC(=O)c1ccco1)C(=O)N(C)c1ccccc1. The van der Waals surface area contributed by atoms with E-state index in [1.165, 1.54) is 30.2 Å². The lowest BCUT2D eigenvalue weighted by atomic mass is 10.1. The smallest absolute Gasteiger partial charge is 0.341 e. The van der Waals surface area contributed by atoms with Crippen LogP contribution in [0.1, 0.15) is 27.8 Å². The molecule has 148 valence electrons. The Hall–Kier alpha value is -3.87. The fourth-order valence-electron chi connectivity index (χ4n) is 2.69. The summed E-state index contributed by atoms with van der Waals surface area (Å²) in [5, 5.41) is 2.62. The van der Waals surface area contributed by atoms with Gasteiger partial charge in [0.25, 0.3) is 11.8 Å². The van der Waals surface area contributed by atoms with Crippen molar-refractivity contribution in [1.29, 1.82) is 0 Å². The quantitative estimate of drug-likeness (QED) is 0.646. The molecule has 0 aliphatic heterocycles. The van der Waals surface area contributed by atoms with Gasteiger partial charge >= 0.3 is 5.97 Å². The van der Waals surface area contributed by atoms with Gasteiger partial charge < -0.3 is 19.4 Å². The van der Waals surface area contributed by atoms with Crippen molar-refractivity contribution in [1.82, 2.24) is 0 Å². The van der Waals surface area contributed by atoms with Gasteiger partial charge in [-0.05, 0) is 43.3 Å². The summed E-state index contributed by atoms with van der Waals surface area (Å²) in [6.07, 6.45) is 0.368. The van der Waals surface area contributed by atoms with Crippen molar-refractivity contribution in [2.45, 2.75) is 13.0 Å². The molecule has 2 aromatic carbocycles. The van der Waals surface area contributed by atoms with Crippen LogP contribution in [0.5, 0.6) is 0 Å². The molecule has 3 aromatic rings. The summed E-state index contributed by atoms with van der Waals surface area (Å²) in [7, 11) is 1.61. The molecule has 1 atom stereocenters. The van der Waals surface area contributed by atoms with Crippen molar-refractivity contribution in [2.75, 3.05) is 17.3 Å². The normalized spacial score (nSPS) is 11.4. The number of esters is 1. The van der Waals surface area contributed by atoms with Gasteiger partial charge in [0.15, 0.2) is 11.9 Å². The number of carbonyl (C=O) groups is 3. The average Bonchev–Trinajstić information content (AvgIpc) is 3.28. The molecule has 0 saturated carbocycles. The minimum Gasteiger partial charge on any atom is -0.459 e. The standard InChI is InChI=1S/C22H20N2O5/c1-15(21(26)24(2)16-9-4-3-5-10-16)29-22(27)17-11-6-7-12-18(17)23-20(25)19-13-8-14-28-19/h3-15H,1-2H3,(H,23,25)/t15-/m0/s1. The molecule has 3 rings (SSSR count). The van der Waals surface area contributed by atoms with E-state index in [4.69, 9.17) is 9.15 Å². The van der Waals surface area contributed by atoms with Crippen molar-refractivity contribution in [3.63, 3.8) is 0 Å². The van der Waals surface area contributed by atoms with E-state index in [-0.39, 0.29) is 22.9 Å². The average molecular weight is 392 g/mol. The summed E-state index contributed by atoms with van der Waals surface area (Å²) in [6.45, 7) is 1.50. The number of furan rings is 1. The predicted molar refractivity (Wildman–Crippen MR) is 108 cm³/mol. The van der Waals surface area contributed by atoms with Gasteiger partial charge in [-0.2, -0.15) is 0 Å². The molecule has 0 fully saturated rings. The Bertz CT molecular complexity index is 999. The fourth-order valence-corrected chi connectivity index (χ4v) is 2.69. The predicted octanol–water partition coefficient (Wildman–Crippen LogP) is 3.74. The minimum absolute atomic E-state index is 0.112. The van der Waals surface area contributed by atoms with Gasteiger partial charge in [-0.1, -0.05) is 30.3 Å². The maximum absolute atomic E-state index is 12.6. The highest BCUT2D eigenvalue weighted by Crippen LogP contribution is 2.19. The van der Waals surface area contributed by atoms with Gasteiger partial charge in [-0.3, -0.25) is 9.59 Å². The number of hydrogen-bond acceptors (Lipinski definition) is 5. The Morgan fingerprint density at radius 2 is 1.66 bits per heavy atom. The van der Waals surface area contributed by atoms with E-state index < -0.39 is 18.0 Å². The van der Waals surface area contributed by atoms with Crippen molar-refractivity contribution in [3.8, 4) is 0 Å². The van der Waals surface area contributed by atoms with E-state index in [0.717, 1.165) is 0 Å². The maximum Gasteiger partial charge on any atom is 0.341 e. The second-order valence-electron chi connectivity index (χ2n) is 6.26. The summed E-state index contributed by atoms with van der Waals surface area (Å²) in [5.41, 5.74) is 1.08. The van der Waals surface area contributed by atoms with Crippen molar-refractivity contribution >= 4 is 29.2 Å². The molecule has 0 spiro atoms. The molecule has 7 heteroatoms. The van der Waals surface area contributed by atoms with Crippen LogP contribution in [-0.4, -0.2) is 30.9 Å². The third-order valence-electron chi connectivity index (χ3n) is 4.25. The van der Waals surface area contributed by atoms with Crippen molar-refractivity contribution in [2.24, 2.45) is 0 Å². The first kappa shape index (κ1) is 19.9. The molecule has 7 nitrogen and oxygen atoms in total.